The first-order valence-electron chi connectivity index (χ1n) is 11.4. The fourth-order valence-corrected chi connectivity index (χ4v) is 4.25. The van der Waals surface area contributed by atoms with Gasteiger partial charge in [0.2, 0.25) is 5.91 Å². The van der Waals surface area contributed by atoms with Crippen molar-refractivity contribution in [2.75, 3.05) is 12.4 Å². The second-order valence-electron chi connectivity index (χ2n) is 8.04. The standard InChI is InChI=1S/C29H28N2O3S/c1-4-21-9-13-23(14-10-21)25-19-35-29(30-25)31-28(32)16-12-22-11-15-26(27(17-22)33-3)34-18-24-8-6-5-7-20(24)2/h5-17,19H,4,18H2,1-3H3,(H,30,31,32)/b16-12+. The summed E-state index contributed by atoms with van der Waals surface area (Å²) in [5.41, 5.74) is 6.30. The minimum Gasteiger partial charge on any atom is -0.493 e. The zero-order valence-corrected chi connectivity index (χ0v) is 20.9. The van der Waals surface area contributed by atoms with Gasteiger partial charge in [-0.05, 0) is 53.8 Å². The van der Waals surface area contributed by atoms with Gasteiger partial charge in [0.25, 0.3) is 0 Å². The molecule has 0 unspecified atom stereocenters. The summed E-state index contributed by atoms with van der Waals surface area (Å²) in [7, 11) is 1.60. The van der Waals surface area contributed by atoms with E-state index in [-0.39, 0.29) is 5.91 Å². The normalized spacial score (nSPS) is 10.9. The molecule has 0 aliphatic carbocycles. The molecule has 0 saturated carbocycles. The summed E-state index contributed by atoms with van der Waals surface area (Å²) in [5, 5.41) is 5.34. The van der Waals surface area contributed by atoms with Crippen LogP contribution in [0.15, 0.2) is 78.2 Å². The lowest BCUT2D eigenvalue weighted by Gasteiger charge is -2.12. The molecule has 1 amide bonds. The molecule has 4 aromatic rings. The van der Waals surface area contributed by atoms with Crippen molar-refractivity contribution in [3.63, 3.8) is 0 Å². The van der Waals surface area contributed by atoms with Crippen LogP contribution >= 0.6 is 11.3 Å². The van der Waals surface area contributed by atoms with E-state index in [2.05, 4.69) is 54.5 Å². The third-order valence-corrected chi connectivity index (χ3v) is 6.41. The summed E-state index contributed by atoms with van der Waals surface area (Å²) in [6.45, 7) is 4.65. The lowest BCUT2D eigenvalue weighted by molar-refractivity contribution is -0.111. The van der Waals surface area contributed by atoms with E-state index >= 15 is 0 Å². The Morgan fingerprint density at radius 1 is 1.06 bits per heavy atom. The molecular weight excluding hydrogens is 456 g/mol. The summed E-state index contributed by atoms with van der Waals surface area (Å²) < 4.78 is 11.5. The Hall–Kier alpha value is -3.90. The van der Waals surface area contributed by atoms with E-state index in [1.165, 1.54) is 28.5 Å². The minimum absolute atomic E-state index is 0.244. The van der Waals surface area contributed by atoms with Crippen LogP contribution in [0.3, 0.4) is 0 Å². The number of ether oxygens (including phenoxy) is 2. The van der Waals surface area contributed by atoms with Crippen molar-refractivity contribution in [3.05, 3.63) is 100 Å². The maximum absolute atomic E-state index is 12.4. The van der Waals surface area contributed by atoms with Crippen molar-refractivity contribution in [1.29, 1.82) is 0 Å². The van der Waals surface area contributed by atoms with Gasteiger partial charge in [-0.25, -0.2) is 4.98 Å². The zero-order valence-electron chi connectivity index (χ0n) is 20.1. The average Bonchev–Trinajstić information content (AvgIpc) is 3.35. The molecular formula is C29H28N2O3S. The lowest BCUT2D eigenvalue weighted by Crippen LogP contribution is -2.07. The first-order valence-corrected chi connectivity index (χ1v) is 12.3. The van der Waals surface area contributed by atoms with E-state index in [1.807, 2.05) is 41.8 Å². The number of methoxy groups -OCH3 is 1. The fraction of sp³-hybridized carbons (Fsp3) is 0.172. The summed E-state index contributed by atoms with van der Waals surface area (Å²) >= 11 is 1.40. The number of carbonyl (C=O) groups excluding carboxylic acids is 1. The van der Waals surface area contributed by atoms with Crippen molar-refractivity contribution in [3.8, 4) is 22.8 Å². The Kier molecular flexibility index (Phi) is 7.95. The molecule has 0 spiro atoms. The minimum atomic E-state index is -0.244. The molecule has 0 atom stereocenters. The highest BCUT2D eigenvalue weighted by atomic mass is 32.1. The first kappa shape index (κ1) is 24.2. The van der Waals surface area contributed by atoms with E-state index in [4.69, 9.17) is 9.47 Å². The van der Waals surface area contributed by atoms with Gasteiger partial charge in [-0.3, -0.25) is 10.1 Å². The monoisotopic (exact) mass is 484 g/mol. The molecule has 1 heterocycles. The second-order valence-corrected chi connectivity index (χ2v) is 8.89. The Bertz CT molecular complexity index is 1330. The fourth-order valence-electron chi connectivity index (χ4n) is 3.53. The van der Waals surface area contributed by atoms with Gasteiger partial charge in [0.1, 0.15) is 6.61 Å². The number of hydrogen-bond acceptors (Lipinski definition) is 5. The van der Waals surface area contributed by atoms with Gasteiger partial charge < -0.3 is 9.47 Å². The lowest BCUT2D eigenvalue weighted by atomic mass is 10.1. The van der Waals surface area contributed by atoms with Crippen LogP contribution in [-0.2, 0) is 17.8 Å². The Labute approximate surface area is 210 Å². The molecule has 0 saturated heterocycles. The SMILES string of the molecule is CCc1ccc(-c2csc(NC(=O)/C=C/c3ccc(OCc4ccccc4C)c(OC)c3)n2)cc1. The maximum Gasteiger partial charge on any atom is 0.250 e. The van der Waals surface area contributed by atoms with Crippen molar-refractivity contribution in [2.45, 2.75) is 26.9 Å². The van der Waals surface area contributed by atoms with Gasteiger partial charge in [0.15, 0.2) is 16.6 Å². The summed E-state index contributed by atoms with van der Waals surface area (Å²) in [5.74, 6) is 1.02. The van der Waals surface area contributed by atoms with Crippen LogP contribution in [0.2, 0.25) is 0 Å². The third-order valence-electron chi connectivity index (χ3n) is 5.65. The zero-order chi connectivity index (χ0) is 24.6. The van der Waals surface area contributed by atoms with Gasteiger partial charge in [-0.2, -0.15) is 0 Å². The van der Waals surface area contributed by atoms with E-state index < -0.39 is 0 Å². The van der Waals surface area contributed by atoms with E-state index in [0.29, 0.717) is 23.2 Å². The highest BCUT2D eigenvalue weighted by molar-refractivity contribution is 7.14. The molecule has 0 fully saturated rings. The van der Waals surface area contributed by atoms with Gasteiger partial charge in [-0.1, -0.05) is 61.5 Å². The quantitative estimate of drug-likeness (QED) is 0.262. The number of aryl methyl sites for hydroxylation is 2. The van der Waals surface area contributed by atoms with E-state index in [9.17, 15) is 4.79 Å². The Balaban J connectivity index is 1.37. The molecule has 1 aromatic heterocycles. The summed E-state index contributed by atoms with van der Waals surface area (Å²) in [6.07, 6.45) is 4.22. The molecule has 6 heteroatoms. The molecule has 0 bridgehead atoms. The number of benzene rings is 3. The molecule has 178 valence electrons. The molecule has 5 nitrogen and oxygen atoms in total. The van der Waals surface area contributed by atoms with Crippen molar-refractivity contribution < 1.29 is 14.3 Å². The molecule has 35 heavy (non-hydrogen) atoms. The number of hydrogen-bond donors (Lipinski definition) is 1. The van der Waals surface area contributed by atoms with E-state index in [0.717, 1.165) is 28.8 Å². The van der Waals surface area contributed by atoms with Crippen LogP contribution in [0, 0.1) is 6.92 Å². The van der Waals surface area contributed by atoms with Gasteiger partial charge in [0, 0.05) is 17.0 Å². The number of thiazole rings is 1. The van der Waals surface area contributed by atoms with Crippen LogP contribution in [0.25, 0.3) is 17.3 Å². The number of rotatable bonds is 9. The van der Waals surface area contributed by atoms with Crippen molar-refractivity contribution >= 4 is 28.5 Å². The first-order chi connectivity index (χ1) is 17.1. The topological polar surface area (TPSA) is 60.5 Å². The van der Waals surface area contributed by atoms with E-state index in [1.54, 1.807) is 13.2 Å². The Morgan fingerprint density at radius 3 is 2.60 bits per heavy atom. The smallest absolute Gasteiger partial charge is 0.250 e. The number of anilines is 1. The number of carbonyl (C=O) groups is 1. The van der Waals surface area contributed by atoms with Crippen molar-refractivity contribution in [1.82, 2.24) is 4.98 Å². The van der Waals surface area contributed by atoms with Crippen LogP contribution in [0.5, 0.6) is 11.5 Å². The number of aromatic nitrogens is 1. The van der Waals surface area contributed by atoms with Crippen LogP contribution in [0.4, 0.5) is 5.13 Å². The molecule has 4 rings (SSSR count). The number of nitrogens with zero attached hydrogens (tertiary/aromatic N) is 1. The van der Waals surface area contributed by atoms with Gasteiger partial charge in [-0.15, -0.1) is 11.3 Å². The highest BCUT2D eigenvalue weighted by Gasteiger charge is 2.09. The second kappa shape index (κ2) is 11.5. The summed E-state index contributed by atoms with van der Waals surface area (Å²) in [4.78, 5) is 17.0. The molecule has 3 aromatic carbocycles. The van der Waals surface area contributed by atoms with Crippen molar-refractivity contribution in [2.24, 2.45) is 0 Å². The highest BCUT2D eigenvalue weighted by Crippen LogP contribution is 2.30. The third kappa shape index (κ3) is 6.37. The molecule has 1 N–H and O–H groups in total. The van der Waals surface area contributed by atoms with Crippen LogP contribution in [0.1, 0.15) is 29.2 Å². The predicted molar refractivity (Wildman–Crippen MR) is 143 cm³/mol. The average molecular weight is 485 g/mol. The predicted octanol–water partition coefficient (Wildman–Crippen LogP) is 6.92. The van der Waals surface area contributed by atoms with Crippen LogP contribution < -0.4 is 14.8 Å². The van der Waals surface area contributed by atoms with Gasteiger partial charge in [0.05, 0.1) is 12.8 Å². The molecule has 0 radical (unpaired) electrons. The number of nitrogens with one attached hydrogen (secondary N) is 1. The molecule has 0 aliphatic rings. The molecule has 0 aliphatic heterocycles. The Morgan fingerprint density at radius 2 is 1.86 bits per heavy atom. The van der Waals surface area contributed by atoms with Crippen LogP contribution in [-0.4, -0.2) is 18.0 Å². The maximum atomic E-state index is 12.4. The van der Waals surface area contributed by atoms with Gasteiger partial charge >= 0.3 is 0 Å². The largest absolute Gasteiger partial charge is 0.493 e. The number of amides is 1. The summed E-state index contributed by atoms with van der Waals surface area (Å²) in [6, 6.07) is 22.0.